The molecule has 19 heteroatoms. The van der Waals surface area contributed by atoms with Crippen LogP contribution in [0, 0.1) is 11.8 Å². The quantitative estimate of drug-likeness (QED) is 0.0420. The molecule has 0 aliphatic rings. The number of aliphatic hydroxyl groups excluding tert-OH is 2. The number of aliphatic hydroxyl groups is 2. The summed E-state index contributed by atoms with van der Waals surface area (Å²) in [5, 5.41) is 45.9. The monoisotopic (exact) mass is 744 g/mol. The lowest BCUT2D eigenvalue weighted by atomic mass is 9.96. The fraction of sp³-hybridized carbons (Fsp3) is 0.758. The first-order valence-electron chi connectivity index (χ1n) is 17.6. The van der Waals surface area contributed by atoms with Crippen LogP contribution < -0.4 is 43.0 Å². The van der Waals surface area contributed by atoms with Gasteiger partial charge in [-0.1, -0.05) is 41.0 Å². The third-order valence-corrected chi connectivity index (χ3v) is 8.17. The summed E-state index contributed by atoms with van der Waals surface area (Å²) in [5.41, 5.74) is 5.56. The summed E-state index contributed by atoms with van der Waals surface area (Å²) in [6, 6.07) is -7.68. The number of carbonyl (C=O) groups excluding carboxylic acids is 7. The van der Waals surface area contributed by atoms with E-state index < -0.39 is 115 Å². The molecule has 12 N–H and O–H groups in total. The Labute approximate surface area is 304 Å². The number of carboxylic acid groups (broad SMARTS) is 1. The Hall–Kier alpha value is -4.36. The molecule has 0 saturated carbocycles. The van der Waals surface area contributed by atoms with Gasteiger partial charge < -0.3 is 58.3 Å². The molecule has 8 atom stereocenters. The van der Waals surface area contributed by atoms with Gasteiger partial charge in [0.25, 0.3) is 0 Å². The van der Waals surface area contributed by atoms with Gasteiger partial charge in [-0.3, -0.25) is 38.4 Å². The Morgan fingerprint density at radius 3 is 1.69 bits per heavy atom. The second-order valence-corrected chi connectivity index (χ2v) is 13.1. The van der Waals surface area contributed by atoms with Gasteiger partial charge in [0, 0.05) is 6.42 Å². The van der Waals surface area contributed by atoms with Crippen molar-refractivity contribution in [1.82, 2.24) is 37.2 Å². The van der Waals surface area contributed by atoms with Crippen molar-refractivity contribution in [2.45, 2.75) is 129 Å². The Morgan fingerprint density at radius 1 is 0.654 bits per heavy atom. The molecule has 0 bridgehead atoms. The highest BCUT2D eigenvalue weighted by atomic mass is 16.4. The highest BCUT2D eigenvalue weighted by Gasteiger charge is 2.34. The van der Waals surface area contributed by atoms with Gasteiger partial charge >= 0.3 is 5.97 Å². The molecule has 0 rings (SSSR count). The number of hydrogen-bond acceptors (Lipinski definition) is 11. The Kier molecular flexibility index (Phi) is 22.7. The van der Waals surface area contributed by atoms with Crippen molar-refractivity contribution < 1.29 is 53.7 Å². The maximum absolute atomic E-state index is 13.4. The summed E-state index contributed by atoms with van der Waals surface area (Å²) in [6.07, 6.45) is 0.639. The topological polar surface area (TPSA) is 307 Å². The van der Waals surface area contributed by atoms with Crippen LogP contribution in [0.5, 0.6) is 0 Å². The first-order chi connectivity index (χ1) is 24.3. The van der Waals surface area contributed by atoms with Crippen LogP contribution in [0.4, 0.5) is 0 Å². The van der Waals surface area contributed by atoms with Crippen LogP contribution in [-0.2, 0) is 38.4 Å². The fourth-order valence-electron chi connectivity index (χ4n) is 4.73. The van der Waals surface area contributed by atoms with Crippen LogP contribution >= 0.6 is 0 Å². The zero-order chi connectivity index (χ0) is 40.1. The minimum Gasteiger partial charge on any atom is -0.480 e. The number of nitrogens with two attached hydrogens (primary N) is 1. The highest BCUT2D eigenvalue weighted by Crippen LogP contribution is 2.11. The number of aliphatic carboxylic acids is 1. The highest BCUT2D eigenvalue weighted by molar-refractivity contribution is 5.96. The zero-order valence-electron chi connectivity index (χ0n) is 31.2. The van der Waals surface area contributed by atoms with E-state index in [4.69, 9.17) is 10.8 Å². The molecule has 52 heavy (non-hydrogen) atoms. The largest absolute Gasteiger partial charge is 0.480 e. The molecule has 0 aliphatic carbocycles. The number of amides is 7. The molecular weight excluding hydrogens is 684 g/mol. The van der Waals surface area contributed by atoms with Crippen molar-refractivity contribution in [3.8, 4) is 0 Å². The molecule has 0 aliphatic heterocycles. The van der Waals surface area contributed by atoms with Crippen LogP contribution in [0.15, 0.2) is 0 Å². The summed E-state index contributed by atoms with van der Waals surface area (Å²) in [6.45, 7) is 9.97. The van der Waals surface area contributed by atoms with E-state index in [1.807, 2.05) is 0 Å². The van der Waals surface area contributed by atoms with E-state index in [0.29, 0.717) is 32.2 Å². The van der Waals surface area contributed by atoms with E-state index in [0.717, 1.165) is 0 Å². The van der Waals surface area contributed by atoms with Crippen molar-refractivity contribution in [2.24, 2.45) is 17.6 Å². The normalized spacial score (nSPS) is 15.7. The van der Waals surface area contributed by atoms with Crippen LogP contribution in [0.3, 0.4) is 0 Å². The maximum Gasteiger partial charge on any atom is 0.325 e. The van der Waals surface area contributed by atoms with E-state index in [9.17, 15) is 48.6 Å². The summed E-state index contributed by atoms with van der Waals surface area (Å²) < 4.78 is 0. The first-order valence-corrected chi connectivity index (χ1v) is 17.6. The molecule has 298 valence electrons. The summed E-state index contributed by atoms with van der Waals surface area (Å²) >= 11 is 0. The van der Waals surface area contributed by atoms with Crippen molar-refractivity contribution in [1.29, 1.82) is 0 Å². The molecule has 0 aromatic heterocycles. The molecule has 7 amide bonds. The van der Waals surface area contributed by atoms with Gasteiger partial charge in [0.15, 0.2) is 0 Å². The Balaban J connectivity index is 5.75. The summed E-state index contributed by atoms with van der Waals surface area (Å²) in [7, 11) is 0. The lowest BCUT2D eigenvalue weighted by molar-refractivity contribution is -0.142. The molecule has 19 nitrogen and oxygen atoms in total. The van der Waals surface area contributed by atoms with Gasteiger partial charge in [0.1, 0.15) is 36.3 Å². The first kappa shape index (κ1) is 47.6. The fourth-order valence-corrected chi connectivity index (χ4v) is 4.73. The Bertz CT molecular complexity index is 1220. The molecule has 8 unspecified atom stereocenters. The van der Waals surface area contributed by atoms with Gasteiger partial charge in [-0.15, -0.1) is 0 Å². The SMILES string of the molecule is CCCC(=O)NC(CO)C(=O)NC(C(=O)NC(C(=O)NCC(=O)NC(CCCCN)C(=O)NC(C(=O)NC(C)C(=O)O)C(C)O)C(C)CC)C(C)C. The lowest BCUT2D eigenvalue weighted by Gasteiger charge is -2.29. The molecule has 0 fully saturated rings. The number of nitrogens with one attached hydrogen (secondary N) is 7. The van der Waals surface area contributed by atoms with Crippen molar-refractivity contribution in [3.63, 3.8) is 0 Å². The van der Waals surface area contributed by atoms with Crippen molar-refractivity contribution in [2.75, 3.05) is 19.7 Å². The minimum atomic E-state index is -1.54. The smallest absolute Gasteiger partial charge is 0.325 e. The molecule has 0 saturated heterocycles. The average Bonchev–Trinajstić information content (AvgIpc) is 3.08. The van der Waals surface area contributed by atoms with Crippen molar-refractivity contribution >= 4 is 47.3 Å². The molecule has 0 radical (unpaired) electrons. The summed E-state index contributed by atoms with van der Waals surface area (Å²) in [4.78, 5) is 101. The number of rotatable bonds is 25. The number of carbonyl (C=O) groups is 8. The molecule has 0 heterocycles. The van der Waals surface area contributed by atoms with E-state index >= 15 is 0 Å². The van der Waals surface area contributed by atoms with Crippen LogP contribution in [-0.4, -0.2) is 125 Å². The predicted molar refractivity (Wildman–Crippen MR) is 189 cm³/mol. The predicted octanol–water partition coefficient (Wildman–Crippen LogP) is -2.88. The molecule has 0 aromatic carbocycles. The molecule has 0 spiro atoms. The standard InChI is InChI=1S/C33H60N8O11/c1-8-12-23(44)38-22(16-42)29(47)39-25(17(3)4)31(49)40-26(18(5)9-2)30(48)35-15-24(45)37-21(13-10-11-14-34)28(46)41-27(20(7)43)32(50)36-19(6)33(51)52/h17-22,25-27,42-43H,8-16,34H2,1-7H3,(H,35,48)(H,36,50)(H,37,45)(H,38,44)(H,39,47)(H,40,49)(H,41,46)(H,51,52). The van der Waals surface area contributed by atoms with Gasteiger partial charge in [-0.2, -0.15) is 0 Å². The third-order valence-electron chi connectivity index (χ3n) is 8.17. The van der Waals surface area contributed by atoms with Crippen LogP contribution in [0.2, 0.25) is 0 Å². The summed E-state index contributed by atoms with van der Waals surface area (Å²) in [5.74, 6) is -7.50. The second kappa shape index (κ2) is 24.8. The maximum atomic E-state index is 13.4. The van der Waals surface area contributed by atoms with Crippen LogP contribution in [0.25, 0.3) is 0 Å². The molecule has 0 aromatic rings. The van der Waals surface area contributed by atoms with E-state index in [2.05, 4.69) is 37.2 Å². The van der Waals surface area contributed by atoms with E-state index in [-0.39, 0.29) is 12.8 Å². The third kappa shape index (κ3) is 17.2. The minimum absolute atomic E-state index is 0.0790. The zero-order valence-corrected chi connectivity index (χ0v) is 31.2. The number of hydrogen-bond donors (Lipinski definition) is 11. The van der Waals surface area contributed by atoms with Gasteiger partial charge in [0.2, 0.25) is 41.4 Å². The second-order valence-electron chi connectivity index (χ2n) is 13.1. The van der Waals surface area contributed by atoms with E-state index in [1.165, 1.54) is 13.8 Å². The number of carboxylic acids is 1. The van der Waals surface area contributed by atoms with Crippen molar-refractivity contribution in [3.05, 3.63) is 0 Å². The molecular formula is C33H60N8O11. The Morgan fingerprint density at radius 2 is 1.19 bits per heavy atom. The van der Waals surface area contributed by atoms with Gasteiger partial charge in [-0.25, -0.2) is 0 Å². The number of unbranched alkanes of at least 4 members (excludes halogenated alkanes) is 1. The van der Waals surface area contributed by atoms with E-state index in [1.54, 1.807) is 34.6 Å². The van der Waals surface area contributed by atoms with Gasteiger partial charge in [-0.05, 0) is 57.9 Å². The van der Waals surface area contributed by atoms with Crippen LogP contribution in [0.1, 0.15) is 87.0 Å². The lowest BCUT2D eigenvalue weighted by Crippen LogP contribution is -2.60. The average molecular weight is 745 g/mol. The van der Waals surface area contributed by atoms with Gasteiger partial charge in [0.05, 0.1) is 19.3 Å².